The molecule has 13 heavy (non-hydrogen) atoms. The molecular formula is C12H27N. The summed E-state index contributed by atoms with van der Waals surface area (Å²) in [6, 6.07) is 0.342. The maximum Gasteiger partial charge on any atom is 0.00155 e. The van der Waals surface area contributed by atoms with Gasteiger partial charge in [-0.25, -0.2) is 0 Å². The Hall–Kier alpha value is -0.0400. The van der Waals surface area contributed by atoms with E-state index in [1.165, 1.54) is 19.3 Å². The highest BCUT2D eigenvalue weighted by atomic mass is 14.6. The van der Waals surface area contributed by atoms with Gasteiger partial charge in [0.25, 0.3) is 0 Å². The van der Waals surface area contributed by atoms with Crippen molar-refractivity contribution in [1.29, 1.82) is 0 Å². The lowest BCUT2D eigenvalue weighted by Crippen LogP contribution is -2.25. The predicted octanol–water partition coefficient (Wildman–Crippen LogP) is 3.58. The topological polar surface area (TPSA) is 26.0 Å². The average Bonchev–Trinajstić information content (AvgIpc) is 1.81. The third kappa shape index (κ3) is 8.29. The third-order valence-electron chi connectivity index (χ3n) is 2.51. The van der Waals surface area contributed by atoms with Crippen molar-refractivity contribution in [3.63, 3.8) is 0 Å². The lowest BCUT2D eigenvalue weighted by molar-refractivity contribution is 0.271. The molecule has 1 atom stereocenters. The second-order valence-corrected chi connectivity index (χ2v) is 5.63. The van der Waals surface area contributed by atoms with Gasteiger partial charge in [-0.15, -0.1) is 0 Å². The van der Waals surface area contributed by atoms with E-state index < -0.39 is 0 Å². The van der Waals surface area contributed by atoms with Gasteiger partial charge in [-0.3, -0.25) is 0 Å². The lowest BCUT2D eigenvalue weighted by atomic mass is 9.81. The number of hydrogen-bond donors (Lipinski definition) is 1. The Kier molecular flexibility index (Phi) is 5.62. The van der Waals surface area contributed by atoms with Gasteiger partial charge < -0.3 is 5.73 Å². The van der Waals surface area contributed by atoms with Crippen molar-refractivity contribution in [2.45, 2.75) is 66.3 Å². The van der Waals surface area contributed by atoms with E-state index in [1.54, 1.807) is 0 Å². The Morgan fingerprint density at radius 3 is 2.08 bits per heavy atom. The zero-order chi connectivity index (χ0) is 10.5. The molecule has 0 amide bonds. The first-order valence-electron chi connectivity index (χ1n) is 5.59. The normalized spacial score (nSPS) is 15.0. The molecule has 0 aromatic carbocycles. The van der Waals surface area contributed by atoms with E-state index in [-0.39, 0.29) is 0 Å². The second kappa shape index (κ2) is 5.64. The van der Waals surface area contributed by atoms with E-state index in [0.717, 1.165) is 12.3 Å². The fraction of sp³-hybridized carbons (Fsp3) is 1.00. The van der Waals surface area contributed by atoms with Crippen LogP contribution in [0.25, 0.3) is 0 Å². The highest BCUT2D eigenvalue weighted by molar-refractivity contribution is 4.73. The molecule has 0 rings (SSSR count). The van der Waals surface area contributed by atoms with E-state index in [4.69, 9.17) is 5.73 Å². The van der Waals surface area contributed by atoms with Crippen molar-refractivity contribution in [2.75, 3.05) is 0 Å². The molecule has 0 aromatic heterocycles. The molecule has 80 valence electrons. The molecule has 0 spiro atoms. The highest BCUT2D eigenvalue weighted by Gasteiger charge is 2.18. The summed E-state index contributed by atoms with van der Waals surface area (Å²) >= 11 is 0. The van der Waals surface area contributed by atoms with Gasteiger partial charge in [-0.2, -0.15) is 0 Å². The van der Waals surface area contributed by atoms with Crippen LogP contribution in [0.1, 0.15) is 60.3 Å². The summed E-state index contributed by atoms with van der Waals surface area (Å²) in [6.07, 6.45) is 5.15. The van der Waals surface area contributed by atoms with Crippen LogP contribution in [0.5, 0.6) is 0 Å². The monoisotopic (exact) mass is 185 g/mol. The maximum atomic E-state index is 5.81. The van der Waals surface area contributed by atoms with Gasteiger partial charge >= 0.3 is 0 Å². The standard InChI is InChI=1S/C12H27N/c1-10(2)7-6-8-12(4,5)9-11(3)13/h10-11H,6-9,13H2,1-5H3. The van der Waals surface area contributed by atoms with E-state index in [9.17, 15) is 0 Å². The molecule has 0 radical (unpaired) electrons. The first-order valence-corrected chi connectivity index (χ1v) is 5.59. The van der Waals surface area contributed by atoms with Crippen molar-refractivity contribution in [1.82, 2.24) is 0 Å². The van der Waals surface area contributed by atoms with Crippen LogP contribution in [0, 0.1) is 11.3 Å². The van der Waals surface area contributed by atoms with Gasteiger partial charge in [0.2, 0.25) is 0 Å². The summed E-state index contributed by atoms with van der Waals surface area (Å²) < 4.78 is 0. The fourth-order valence-corrected chi connectivity index (χ4v) is 1.96. The Labute approximate surface area is 84.1 Å². The summed E-state index contributed by atoms with van der Waals surface area (Å²) in [5.74, 6) is 0.839. The summed E-state index contributed by atoms with van der Waals surface area (Å²) in [4.78, 5) is 0. The van der Waals surface area contributed by atoms with Crippen LogP contribution < -0.4 is 5.73 Å². The molecule has 0 aliphatic heterocycles. The molecule has 0 aliphatic rings. The Morgan fingerprint density at radius 1 is 1.15 bits per heavy atom. The molecule has 0 heterocycles. The van der Waals surface area contributed by atoms with Gasteiger partial charge in [0.15, 0.2) is 0 Å². The van der Waals surface area contributed by atoms with Crippen molar-refractivity contribution >= 4 is 0 Å². The molecule has 1 nitrogen and oxygen atoms in total. The van der Waals surface area contributed by atoms with Crippen molar-refractivity contribution in [3.8, 4) is 0 Å². The van der Waals surface area contributed by atoms with Crippen LogP contribution in [0.15, 0.2) is 0 Å². The molecule has 0 saturated heterocycles. The molecule has 0 saturated carbocycles. The van der Waals surface area contributed by atoms with Crippen molar-refractivity contribution < 1.29 is 0 Å². The Bertz CT molecular complexity index is 125. The van der Waals surface area contributed by atoms with E-state index in [0.29, 0.717) is 11.5 Å². The molecule has 1 unspecified atom stereocenters. The molecule has 0 fully saturated rings. The van der Waals surface area contributed by atoms with Gasteiger partial charge in [0.1, 0.15) is 0 Å². The van der Waals surface area contributed by atoms with Crippen LogP contribution in [-0.4, -0.2) is 6.04 Å². The summed E-state index contributed by atoms with van der Waals surface area (Å²) in [7, 11) is 0. The quantitative estimate of drug-likeness (QED) is 0.672. The molecule has 0 aromatic rings. The fourth-order valence-electron chi connectivity index (χ4n) is 1.96. The van der Waals surface area contributed by atoms with Gasteiger partial charge in [-0.1, -0.05) is 40.5 Å². The zero-order valence-corrected chi connectivity index (χ0v) is 10.1. The van der Waals surface area contributed by atoms with Crippen LogP contribution >= 0.6 is 0 Å². The number of nitrogens with two attached hydrogens (primary N) is 1. The van der Waals surface area contributed by atoms with Gasteiger partial charge in [0, 0.05) is 6.04 Å². The minimum atomic E-state index is 0.342. The molecular weight excluding hydrogens is 158 g/mol. The van der Waals surface area contributed by atoms with E-state index in [2.05, 4.69) is 34.6 Å². The minimum absolute atomic E-state index is 0.342. The molecule has 0 bridgehead atoms. The van der Waals surface area contributed by atoms with Gasteiger partial charge in [0.05, 0.1) is 0 Å². The number of hydrogen-bond acceptors (Lipinski definition) is 1. The first-order chi connectivity index (χ1) is 5.83. The van der Waals surface area contributed by atoms with E-state index in [1.807, 2.05) is 0 Å². The smallest absolute Gasteiger partial charge is 0.00155 e. The molecule has 1 heteroatoms. The molecule has 0 aliphatic carbocycles. The van der Waals surface area contributed by atoms with E-state index >= 15 is 0 Å². The largest absolute Gasteiger partial charge is 0.328 e. The lowest BCUT2D eigenvalue weighted by Gasteiger charge is -2.26. The van der Waals surface area contributed by atoms with Crippen LogP contribution in [0.4, 0.5) is 0 Å². The second-order valence-electron chi connectivity index (χ2n) is 5.63. The summed E-state index contributed by atoms with van der Waals surface area (Å²) in [6.45, 7) is 11.3. The Morgan fingerprint density at radius 2 is 1.69 bits per heavy atom. The van der Waals surface area contributed by atoms with Crippen LogP contribution in [-0.2, 0) is 0 Å². The van der Waals surface area contributed by atoms with Crippen molar-refractivity contribution in [2.24, 2.45) is 17.1 Å². The number of rotatable bonds is 6. The van der Waals surface area contributed by atoms with Crippen LogP contribution in [0.2, 0.25) is 0 Å². The maximum absolute atomic E-state index is 5.81. The highest BCUT2D eigenvalue weighted by Crippen LogP contribution is 2.29. The first kappa shape index (κ1) is 13.0. The average molecular weight is 185 g/mol. The third-order valence-corrected chi connectivity index (χ3v) is 2.51. The zero-order valence-electron chi connectivity index (χ0n) is 10.1. The van der Waals surface area contributed by atoms with Crippen molar-refractivity contribution in [3.05, 3.63) is 0 Å². The predicted molar refractivity (Wildman–Crippen MR) is 60.7 cm³/mol. The minimum Gasteiger partial charge on any atom is -0.328 e. The summed E-state index contributed by atoms with van der Waals surface area (Å²) in [5.41, 5.74) is 6.24. The summed E-state index contributed by atoms with van der Waals surface area (Å²) in [5, 5.41) is 0. The van der Waals surface area contributed by atoms with Crippen LogP contribution in [0.3, 0.4) is 0 Å². The Balaban J connectivity index is 3.62. The van der Waals surface area contributed by atoms with Gasteiger partial charge in [-0.05, 0) is 31.1 Å². The SMILES string of the molecule is CC(C)CCCC(C)(C)CC(C)N. The molecule has 2 N–H and O–H groups in total.